The fraction of sp³-hybridized carbons (Fsp3) is 0. The van der Waals surface area contributed by atoms with Crippen molar-refractivity contribution in [2.24, 2.45) is 0 Å². The van der Waals surface area contributed by atoms with E-state index in [0.717, 1.165) is 33.2 Å². The van der Waals surface area contributed by atoms with E-state index in [1.807, 2.05) is 18.2 Å². The Morgan fingerprint density at radius 3 is 2.43 bits per heavy atom. The molecule has 98 valence electrons. The van der Waals surface area contributed by atoms with Crippen LogP contribution in [0.1, 0.15) is 0 Å². The van der Waals surface area contributed by atoms with Gasteiger partial charge < -0.3 is 0 Å². The Kier molecular flexibility index (Phi) is 1.95. The molecular formula is C18H11N3. The number of hydrogen-bond acceptors (Lipinski definition) is 2. The van der Waals surface area contributed by atoms with Crippen LogP contribution in [0.5, 0.6) is 0 Å². The molecule has 0 aliphatic rings. The molecule has 3 heteroatoms. The summed E-state index contributed by atoms with van der Waals surface area (Å²) in [5.41, 5.74) is 4.93. The van der Waals surface area contributed by atoms with Gasteiger partial charge in [0.15, 0.2) is 5.65 Å². The van der Waals surface area contributed by atoms with Gasteiger partial charge in [-0.05, 0) is 35.7 Å². The first-order chi connectivity index (χ1) is 10.4. The van der Waals surface area contributed by atoms with Crippen LogP contribution >= 0.6 is 0 Å². The predicted molar refractivity (Wildman–Crippen MR) is 85.5 cm³/mol. The van der Waals surface area contributed by atoms with E-state index in [1.165, 1.54) is 5.39 Å². The van der Waals surface area contributed by atoms with E-state index in [-0.39, 0.29) is 0 Å². The Balaban J connectivity index is 2.08. The molecule has 2 aromatic carbocycles. The van der Waals surface area contributed by atoms with Gasteiger partial charge >= 0.3 is 0 Å². The van der Waals surface area contributed by atoms with E-state index in [4.69, 9.17) is 9.97 Å². The van der Waals surface area contributed by atoms with Crippen LogP contribution in [0.4, 0.5) is 0 Å². The molecule has 3 heterocycles. The minimum absolute atomic E-state index is 0.917. The number of aromatic nitrogens is 3. The van der Waals surface area contributed by atoms with Crippen molar-refractivity contribution in [1.29, 1.82) is 0 Å². The monoisotopic (exact) mass is 269 g/mol. The van der Waals surface area contributed by atoms with Crippen LogP contribution in [0.25, 0.3) is 38.6 Å². The lowest BCUT2D eigenvalue weighted by Gasteiger charge is -2.02. The van der Waals surface area contributed by atoms with Crippen molar-refractivity contribution in [2.45, 2.75) is 0 Å². The quantitative estimate of drug-likeness (QED) is 0.422. The highest BCUT2D eigenvalue weighted by molar-refractivity contribution is 5.94. The zero-order valence-corrected chi connectivity index (χ0v) is 11.2. The van der Waals surface area contributed by atoms with Gasteiger partial charge in [0.2, 0.25) is 0 Å². The van der Waals surface area contributed by atoms with Gasteiger partial charge in [0, 0.05) is 5.39 Å². The molecule has 0 saturated carbocycles. The van der Waals surface area contributed by atoms with Crippen molar-refractivity contribution in [3.8, 4) is 0 Å². The third-order valence-electron chi connectivity index (χ3n) is 3.95. The molecule has 0 aliphatic carbocycles. The molecule has 0 saturated heterocycles. The normalized spacial score (nSPS) is 11.8. The van der Waals surface area contributed by atoms with E-state index in [9.17, 15) is 0 Å². The summed E-state index contributed by atoms with van der Waals surface area (Å²) in [7, 11) is 0. The highest BCUT2D eigenvalue weighted by atomic mass is 15.1. The molecule has 0 N–H and O–H groups in total. The molecule has 5 aromatic rings. The molecule has 0 atom stereocenters. The first-order valence-electron chi connectivity index (χ1n) is 6.96. The van der Waals surface area contributed by atoms with E-state index >= 15 is 0 Å². The van der Waals surface area contributed by atoms with Crippen molar-refractivity contribution in [2.75, 3.05) is 0 Å². The topological polar surface area (TPSA) is 30.2 Å². The number of imidazole rings is 1. The average Bonchev–Trinajstić information content (AvgIpc) is 2.90. The highest BCUT2D eigenvalue weighted by Gasteiger charge is 2.09. The molecule has 0 fully saturated rings. The standard InChI is InChI=1S/C18H11N3/c1-3-7-14-13(6-1)11-15-18(20-14)21-16-8-4-2-5-12(16)9-10-17(21)19-15/h1-11H. The second-order valence-corrected chi connectivity index (χ2v) is 5.22. The molecule has 0 spiro atoms. The molecule has 0 bridgehead atoms. The Morgan fingerprint density at radius 2 is 1.48 bits per heavy atom. The number of nitrogens with zero attached hydrogens (tertiary/aromatic N) is 3. The molecule has 0 unspecified atom stereocenters. The lowest BCUT2D eigenvalue weighted by Crippen LogP contribution is -1.90. The van der Waals surface area contributed by atoms with Gasteiger partial charge in [0.1, 0.15) is 11.2 Å². The summed E-state index contributed by atoms with van der Waals surface area (Å²) < 4.78 is 2.14. The van der Waals surface area contributed by atoms with E-state index in [1.54, 1.807) is 0 Å². The van der Waals surface area contributed by atoms with E-state index < -0.39 is 0 Å². The van der Waals surface area contributed by atoms with Gasteiger partial charge in [-0.1, -0.05) is 36.4 Å². The molecule has 3 aromatic heterocycles. The Bertz CT molecular complexity index is 1140. The van der Waals surface area contributed by atoms with Crippen LogP contribution in [-0.4, -0.2) is 14.4 Å². The molecular weight excluding hydrogens is 258 g/mol. The molecule has 21 heavy (non-hydrogen) atoms. The third kappa shape index (κ3) is 1.43. The maximum Gasteiger partial charge on any atom is 0.165 e. The predicted octanol–water partition coefficient (Wildman–Crippen LogP) is 4.19. The van der Waals surface area contributed by atoms with Crippen molar-refractivity contribution < 1.29 is 0 Å². The van der Waals surface area contributed by atoms with Gasteiger partial charge in [-0.25, -0.2) is 9.97 Å². The largest absolute Gasteiger partial charge is 0.277 e. The van der Waals surface area contributed by atoms with E-state index in [2.05, 4.69) is 52.9 Å². The number of benzene rings is 2. The van der Waals surface area contributed by atoms with Gasteiger partial charge in [0.25, 0.3) is 0 Å². The lowest BCUT2D eigenvalue weighted by molar-refractivity contribution is 1.26. The first-order valence-corrected chi connectivity index (χ1v) is 6.96. The zero-order valence-electron chi connectivity index (χ0n) is 11.2. The van der Waals surface area contributed by atoms with Gasteiger partial charge in [0.05, 0.1) is 11.0 Å². The van der Waals surface area contributed by atoms with Crippen molar-refractivity contribution >= 4 is 38.6 Å². The van der Waals surface area contributed by atoms with Crippen LogP contribution < -0.4 is 0 Å². The maximum atomic E-state index is 4.82. The molecule has 0 aliphatic heterocycles. The molecule has 3 nitrogen and oxygen atoms in total. The van der Waals surface area contributed by atoms with Crippen LogP contribution in [-0.2, 0) is 0 Å². The smallest absolute Gasteiger partial charge is 0.165 e. The summed E-state index contributed by atoms with van der Waals surface area (Å²) in [5, 5.41) is 2.32. The number of rotatable bonds is 0. The Hall–Kier alpha value is -2.94. The summed E-state index contributed by atoms with van der Waals surface area (Å²) in [6, 6.07) is 22.8. The van der Waals surface area contributed by atoms with Gasteiger partial charge in [-0.2, -0.15) is 0 Å². The fourth-order valence-electron chi connectivity index (χ4n) is 2.97. The van der Waals surface area contributed by atoms with Crippen molar-refractivity contribution in [3.63, 3.8) is 0 Å². The highest BCUT2D eigenvalue weighted by Crippen LogP contribution is 2.24. The SMILES string of the molecule is c1ccc2nc3c(cc2c1)nc1ccc2ccccc2n13. The van der Waals surface area contributed by atoms with Crippen LogP contribution in [0.3, 0.4) is 0 Å². The minimum atomic E-state index is 0.917. The second kappa shape index (κ2) is 3.79. The maximum absolute atomic E-state index is 4.82. The minimum Gasteiger partial charge on any atom is -0.277 e. The molecule has 0 radical (unpaired) electrons. The van der Waals surface area contributed by atoms with Gasteiger partial charge in [-0.15, -0.1) is 0 Å². The second-order valence-electron chi connectivity index (χ2n) is 5.22. The van der Waals surface area contributed by atoms with Crippen LogP contribution in [0.15, 0.2) is 66.7 Å². The first kappa shape index (κ1) is 10.8. The van der Waals surface area contributed by atoms with E-state index in [0.29, 0.717) is 0 Å². The summed E-state index contributed by atoms with van der Waals surface area (Å²) >= 11 is 0. The van der Waals surface area contributed by atoms with Gasteiger partial charge in [-0.3, -0.25) is 4.40 Å². The summed E-state index contributed by atoms with van der Waals surface area (Å²) in [4.78, 5) is 9.53. The van der Waals surface area contributed by atoms with Crippen molar-refractivity contribution in [3.05, 3.63) is 66.7 Å². The summed E-state index contributed by atoms with van der Waals surface area (Å²) in [5.74, 6) is 0. The zero-order chi connectivity index (χ0) is 13.8. The third-order valence-corrected chi connectivity index (χ3v) is 3.95. The summed E-state index contributed by atoms with van der Waals surface area (Å²) in [6.45, 7) is 0. The molecule has 0 amide bonds. The number of pyridine rings is 2. The Morgan fingerprint density at radius 1 is 0.667 bits per heavy atom. The number of hydrogen-bond donors (Lipinski definition) is 0. The number of fused-ring (bicyclic) bond motifs is 6. The average molecular weight is 269 g/mol. The lowest BCUT2D eigenvalue weighted by atomic mass is 10.2. The number of para-hydroxylation sites is 2. The Labute approximate surface area is 120 Å². The van der Waals surface area contributed by atoms with Crippen LogP contribution in [0, 0.1) is 0 Å². The molecule has 5 rings (SSSR count). The summed E-state index contributed by atoms with van der Waals surface area (Å²) in [6.07, 6.45) is 0. The fourth-order valence-corrected chi connectivity index (χ4v) is 2.97. The van der Waals surface area contributed by atoms with Crippen molar-refractivity contribution in [1.82, 2.24) is 14.4 Å². The van der Waals surface area contributed by atoms with Crippen LogP contribution in [0.2, 0.25) is 0 Å².